The molecule has 1 atom stereocenters. The van der Waals surface area contributed by atoms with Gasteiger partial charge in [-0.2, -0.15) is 0 Å². The molecule has 1 aromatic heterocycles. The average Bonchev–Trinajstić information content (AvgIpc) is 2.85. The van der Waals surface area contributed by atoms with Crippen molar-refractivity contribution >= 4 is 17.0 Å². The van der Waals surface area contributed by atoms with Gasteiger partial charge < -0.3 is 5.32 Å². The number of aryl methyl sites for hydroxylation is 1. The van der Waals surface area contributed by atoms with E-state index in [9.17, 15) is 0 Å². The van der Waals surface area contributed by atoms with Crippen LogP contribution in [0.1, 0.15) is 73.4 Å². The highest BCUT2D eigenvalue weighted by Gasteiger charge is 2.13. The number of nitrogens with one attached hydrogen (secondary N) is 1. The summed E-state index contributed by atoms with van der Waals surface area (Å²) in [6.45, 7) is 13.5. The first-order valence-electron chi connectivity index (χ1n) is 7.85. The molecule has 1 aromatic carbocycles. The summed E-state index contributed by atoms with van der Waals surface area (Å²) in [5, 5.41) is 3.70. The van der Waals surface area contributed by atoms with Crippen molar-refractivity contribution in [3.8, 4) is 0 Å². The van der Waals surface area contributed by atoms with Crippen molar-refractivity contribution in [3.63, 3.8) is 0 Å². The predicted octanol–water partition coefficient (Wildman–Crippen LogP) is 6.48. The van der Waals surface area contributed by atoms with Crippen molar-refractivity contribution in [2.45, 2.75) is 59.4 Å². The summed E-state index contributed by atoms with van der Waals surface area (Å²) in [4.78, 5) is 2.77. The van der Waals surface area contributed by atoms with Crippen molar-refractivity contribution in [1.82, 2.24) is 0 Å². The maximum atomic E-state index is 3.70. The first-order chi connectivity index (χ1) is 9.88. The van der Waals surface area contributed by atoms with Crippen molar-refractivity contribution < 1.29 is 0 Å². The van der Waals surface area contributed by atoms with E-state index in [-0.39, 0.29) is 0 Å². The molecule has 0 aliphatic carbocycles. The van der Waals surface area contributed by atoms with Gasteiger partial charge >= 0.3 is 0 Å². The summed E-state index contributed by atoms with van der Waals surface area (Å²) in [5.41, 5.74) is 4.11. The average molecular weight is 301 g/mol. The standard InChI is InChI=1S/C19H27NS/c1-12(2)16-8-9-18(17(11-16)13(3)4)20-15(6)19-10-7-14(5)21-19/h7-13,15,20H,1-6H3. The van der Waals surface area contributed by atoms with Gasteiger partial charge in [-0.15, -0.1) is 11.3 Å². The SMILES string of the molecule is Cc1ccc(C(C)Nc2ccc(C(C)C)cc2C(C)C)s1. The molecular formula is C19H27NS. The summed E-state index contributed by atoms with van der Waals surface area (Å²) < 4.78 is 0. The minimum absolute atomic E-state index is 0.353. The van der Waals surface area contributed by atoms with Gasteiger partial charge in [-0.25, -0.2) is 0 Å². The quantitative estimate of drug-likeness (QED) is 0.666. The first kappa shape index (κ1) is 16.1. The van der Waals surface area contributed by atoms with Crippen LogP contribution in [0.3, 0.4) is 0 Å². The Morgan fingerprint density at radius 1 is 0.905 bits per heavy atom. The Hall–Kier alpha value is -1.28. The van der Waals surface area contributed by atoms with Crippen molar-refractivity contribution in [2.75, 3.05) is 5.32 Å². The molecule has 1 nitrogen and oxygen atoms in total. The minimum atomic E-state index is 0.353. The molecule has 1 N–H and O–H groups in total. The fourth-order valence-electron chi connectivity index (χ4n) is 2.54. The largest absolute Gasteiger partial charge is 0.377 e. The second-order valence-corrected chi connectivity index (χ2v) is 7.79. The second kappa shape index (κ2) is 6.65. The molecule has 2 aromatic rings. The lowest BCUT2D eigenvalue weighted by Crippen LogP contribution is -2.08. The molecule has 1 heterocycles. The van der Waals surface area contributed by atoms with E-state index >= 15 is 0 Å². The van der Waals surface area contributed by atoms with E-state index in [1.807, 2.05) is 11.3 Å². The molecule has 1 unspecified atom stereocenters. The summed E-state index contributed by atoms with van der Waals surface area (Å²) in [7, 11) is 0. The van der Waals surface area contributed by atoms with Crippen LogP contribution in [0, 0.1) is 6.92 Å². The number of benzene rings is 1. The summed E-state index contributed by atoms with van der Waals surface area (Å²) in [5.74, 6) is 1.11. The molecule has 114 valence electrons. The number of hydrogen-bond donors (Lipinski definition) is 1. The first-order valence-corrected chi connectivity index (χ1v) is 8.66. The smallest absolute Gasteiger partial charge is 0.0578 e. The van der Waals surface area contributed by atoms with Gasteiger partial charge in [0, 0.05) is 15.4 Å². The van der Waals surface area contributed by atoms with E-state index in [2.05, 4.69) is 77.2 Å². The summed E-state index contributed by atoms with van der Waals surface area (Å²) >= 11 is 1.87. The molecule has 2 rings (SSSR count). The Bertz CT molecular complexity index is 595. The Morgan fingerprint density at radius 2 is 1.62 bits per heavy atom. The molecule has 0 bridgehead atoms. The van der Waals surface area contributed by atoms with E-state index < -0.39 is 0 Å². The van der Waals surface area contributed by atoms with Gasteiger partial charge in [0.25, 0.3) is 0 Å². The monoisotopic (exact) mass is 301 g/mol. The lowest BCUT2D eigenvalue weighted by molar-refractivity contribution is 0.825. The molecule has 0 spiro atoms. The Morgan fingerprint density at radius 3 is 2.14 bits per heavy atom. The van der Waals surface area contributed by atoms with Crippen molar-refractivity contribution in [3.05, 3.63) is 51.2 Å². The molecule has 0 aliphatic heterocycles. The van der Waals surface area contributed by atoms with E-state index in [1.54, 1.807) is 0 Å². The lowest BCUT2D eigenvalue weighted by atomic mass is 9.94. The van der Waals surface area contributed by atoms with Crippen molar-refractivity contribution in [1.29, 1.82) is 0 Å². The maximum Gasteiger partial charge on any atom is 0.0578 e. The maximum absolute atomic E-state index is 3.70. The summed E-state index contributed by atoms with van der Waals surface area (Å²) in [6.07, 6.45) is 0. The highest BCUT2D eigenvalue weighted by molar-refractivity contribution is 7.12. The van der Waals surface area contributed by atoms with Gasteiger partial charge in [0.05, 0.1) is 6.04 Å². The molecule has 0 amide bonds. The highest BCUT2D eigenvalue weighted by Crippen LogP contribution is 2.32. The van der Waals surface area contributed by atoms with Gasteiger partial charge in [0.2, 0.25) is 0 Å². The third kappa shape index (κ3) is 3.88. The highest BCUT2D eigenvalue weighted by atomic mass is 32.1. The van der Waals surface area contributed by atoms with Crippen LogP contribution in [0.25, 0.3) is 0 Å². The topological polar surface area (TPSA) is 12.0 Å². The van der Waals surface area contributed by atoms with Gasteiger partial charge in [-0.05, 0) is 55.0 Å². The third-order valence-electron chi connectivity index (χ3n) is 3.92. The fraction of sp³-hybridized carbons (Fsp3) is 0.474. The zero-order valence-corrected chi connectivity index (χ0v) is 14.8. The molecule has 0 radical (unpaired) electrons. The van der Waals surface area contributed by atoms with E-state index in [4.69, 9.17) is 0 Å². The van der Waals surface area contributed by atoms with Crippen LogP contribution < -0.4 is 5.32 Å². The van der Waals surface area contributed by atoms with E-state index in [0.717, 1.165) is 0 Å². The van der Waals surface area contributed by atoms with Crippen LogP contribution in [-0.4, -0.2) is 0 Å². The number of thiophene rings is 1. The number of anilines is 1. The van der Waals surface area contributed by atoms with Crippen LogP contribution in [-0.2, 0) is 0 Å². The van der Waals surface area contributed by atoms with Crippen LogP contribution in [0.5, 0.6) is 0 Å². The van der Waals surface area contributed by atoms with Crippen molar-refractivity contribution in [2.24, 2.45) is 0 Å². The Kier molecular flexibility index (Phi) is 5.10. The number of hydrogen-bond acceptors (Lipinski definition) is 2. The normalized spacial score (nSPS) is 13.0. The van der Waals surface area contributed by atoms with Gasteiger partial charge in [-0.1, -0.05) is 39.8 Å². The zero-order valence-electron chi connectivity index (χ0n) is 14.0. The molecule has 2 heteroatoms. The predicted molar refractivity (Wildman–Crippen MR) is 95.7 cm³/mol. The third-order valence-corrected chi connectivity index (χ3v) is 5.11. The van der Waals surface area contributed by atoms with Gasteiger partial charge in [0.15, 0.2) is 0 Å². The Labute approximate surface area is 133 Å². The van der Waals surface area contributed by atoms with Gasteiger partial charge in [-0.3, -0.25) is 0 Å². The molecular weight excluding hydrogens is 274 g/mol. The molecule has 0 saturated carbocycles. The molecule has 0 saturated heterocycles. The zero-order chi connectivity index (χ0) is 15.6. The molecule has 0 fully saturated rings. The van der Waals surface area contributed by atoms with Gasteiger partial charge in [0.1, 0.15) is 0 Å². The molecule has 21 heavy (non-hydrogen) atoms. The van der Waals surface area contributed by atoms with E-state index in [0.29, 0.717) is 17.9 Å². The molecule has 0 aliphatic rings. The number of rotatable bonds is 5. The van der Waals surface area contributed by atoms with Crippen LogP contribution >= 0.6 is 11.3 Å². The Balaban J connectivity index is 2.26. The lowest BCUT2D eigenvalue weighted by Gasteiger charge is -2.21. The summed E-state index contributed by atoms with van der Waals surface area (Å²) in [6, 6.07) is 11.7. The van der Waals surface area contributed by atoms with Crippen LogP contribution in [0.2, 0.25) is 0 Å². The van der Waals surface area contributed by atoms with Crippen LogP contribution in [0.15, 0.2) is 30.3 Å². The van der Waals surface area contributed by atoms with E-state index in [1.165, 1.54) is 26.6 Å². The second-order valence-electron chi connectivity index (χ2n) is 6.47. The fourth-order valence-corrected chi connectivity index (χ4v) is 3.42. The van der Waals surface area contributed by atoms with Crippen LogP contribution in [0.4, 0.5) is 5.69 Å². The minimum Gasteiger partial charge on any atom is -0.377 e.